The summed E-state index contributed by atoms with van der Waals surface area (Å²) in [6.07, 6.45) is 3.30. The van der Waals surface area contributed by atoms with Crippen molar-refractivity contribution in [3.05, 3.63) is 70.8 Å². The van der Waals surface area contributed by atoms with Gasteiger partial charge in [-0.1, -0.05) is 29.8 Å². The number of nitrogens with one attached hydrogen (secondary N) is 1. The van der Waals surface area contributed by atoms with Crippen molar-refractivity contribution < 1.29 is 24.2 Å². The summed E-state index contributed by atoms with van der Waals surface area (Å²) < 4.78 is 5.45. The van der Waals surface area contributed by atoms with Gasteiger partial charge >= 0.3 is 6.03 Å². The summed E-state index contributed by atoms with van der Waals surface area (Å²) in [5.74, 6) is -1.46. The molecule has 0 bridgehead atoms. The number of allylic oxidation sites excluding steroid dienone is 1. The number of amides is 4. The molecule has 0 saturated carbocycles. The molecular weight excluding hydrogens is 408 g/mol. The van der Waals surface area contributed by atoms with Crippen LogP contribution in [0.15, 0.2) is 54.6 Å². The Balaban J connectivity index is 2.08. The minimum atomic E-state index is -0.886. The summed E-state index contributed by atoms with van der Waals surface area (Å²) in [5, 5.41) is 12.7. The van der Waals surface area contributed by atoms with Crippen LogP contribution in [-0.2, 0) is 16.0 Å². The van der Waals surface area contributed by atoms with Crippen molar-refractivity contribution in [3.8, 4) is 11.5 Å². The number of carbonyl (C=O) groups is 3. The molecular formula is C22H19ClN2O5. The Hall–Kier alpha value is -3.58. The number of rotatable bonds is 6. The number of barbiturate groups is 1. The van der Waals surface area contributed by atoms with Gasteiger partial charge in [0.15, 0.2) is 11.5 Å². The van der Waals surface area contributed by atoms with Crippen molar-refractivity contribution >= 4 is 41.2 Å². The predicted molar refractivity (Wildman–Crippen MR) is 114 cm³/mol. The molecule has 2 N–H and O–H groups in total. The number of imide groups is 2. The number of carbonyl (C=O) groups excluding carboxylic acids is 3. The number of hydrogen-bond donors (Lipinski definition) is 2. The molecule has 2 aromatic rings. The molecule has 1 saturated heterocycles. The zero-order chi connectivity index (χ0) is 21.8. The van der Waals surface area contributed by atoms with Gasteiger partial charge in [0.25, 0.3) is 11.8 Å². The first-order valence-corrected chi connectivity index (χ1v) is 9.50. The Morgan fingerprint density at radius 3 is 2.63 bits per heavy atom. The number of urea groups is 1. The number of phenolic OH excluding ortho intramolecular Hbond substituents is 1. The van der Waals surface area contributed by atoms with E-state index < -0.39 is 17.8 Å². The summed E-state index contributed by atoms with van der Waals surface area (Å²) in [7, 11) is 0. The van der Waals surface area contributed by atoms with Gasteiger partial charge in [-0.3, -0.25) is 14.9 Å². The molecule has 1 heterocycles. The van der Waals surface area contributed by atoms with E-state index in [1.807, 2.05) is 0 Å². The van der Waals surface area contributed by atoms with Gasteiger partial charge in [0.05, 0.1) is 17.3 Å². The molecule has 3 rings (SSSR count). The van der Waals surface area contributed by atoms with E-state index in [1.165, 1.54) is 24.3 Å². The molecule has 0 spiro atoms. The van der Waals surface area contributed by atoms with Crippen LogP contribution in [0.2, 0.25) is 5.02 Å². The van der Waals surface area contributed by atoms with E-state index in [-0.39, 0.29) is 27.8 Å². The average molecular weight is 427 g/mol. The van der Waals surface area contributed by atoms with Crippen molar-refractivity contribution in [2.45, 2.75) is 13.3 Å². The molecule has 1 aliphatic rings. The van der Waals surface area contributed by atoms with Crippen LogP contribution in [0.3, 0.4) is 0 Å². The lowest BCUT2D eigenvalue weighted by molar-refractivity contribution is -0.122. The molecule has 0 atom stereocenters. The molecule has 7 nitrogen and oxygen atoms in total. The zero-order valence-corrected chi connectivity index (χ0v) is 16.9. The van der Waals surface area contributed by atoms with Gasteiger partial charge < -0.3 is 9.84 Å². The van der Waals surface area contributed by atoms with Crippen LogP contribution in [0.1, 0.15) is 18.1 Å². The summed E-state index contributed by atoms with van der Waals surface area (Å²) >= 11 is 6.13. The van der Waals surface area contributed by atoms with Crippen LogP contribution in [0.4, 0.5) is 10.5 Å². The highest BCUT2D eigenvalue weighted by atomic mass is 35.5. The van der Waals surface area contributed by atoms with Gasteiger partial charge in [0.2, 0.25) is 0 Å². The highest BCUT2D eigenvalue weighted by Crippen LogP contribution is 2.34. The van der Waals surface area contributed by atoms with Crippen LogP contribution in [-0.4, -0.2) is 29.6 Å². The number of ether oxygens (including phenoxy) is 1. The summed E-state index contributed by atoms with van der Waals surface area (Å²) in [4.78, 5) is 38.5. The molecule has 1 aliphatic heterocycles. The number of anilines is 1. The summed E-state index contributed by atoms with van der Waals surface area (Å²) in [6, 6.07) is 8.56. The fourth-order valence-electron chi connectivity index (χ4n) is 3.03. The summed E-state index contributed by atoms with van der Waals surface area (Å²) in [5.41, 5.74) is 0.867. The lowest BCUT2D eigenvalue weighted by Crippen LogP contribution is -2.54. The fourth-order valence-corrected chi connectivity index (χ4v) is 3.25. The molecule has 0 aliphatic carbocycles. The standard InChI is InChI=1S/C22H19ClN2O5/c1-3-7-14-10-13(12-18(19(14)26)30-4-2)11-15-20(27)24-22(29)25(21(15)28)17-9-6-5-8-16(17)23/h3,5-6,8-12,26H,1,4,7H2,2H3,(H,24,27,29)/b15-11+. The number of hydrogen-bond acceptors (Lipinski definition) is 5. The number of aromatic hydroxyl groups is 1. The van der Waals surface area contributed by atoms with Gasteiger partial charge in [-0.05, 0) is 49.2 Å². The maximum absolute atomic E-state index is 13.0. The van der Waals surface area contributed by atoms with Crippen LogP contribution in [0.25, 0.3) is 6.08 Å². The minimum Gasteiger partial charge on any atom is -0.504 e. The first-order chi connectivity index (χ1) is 14.4. The van der Waals surface area contributed by atoms with E-state index in [9.17, 15) is 19.5 Å². The quantitative estimate of drug-likeness (QED) is 0.415. The second-order valence-electron chi connectivity index (χ2n) is 6.36. The largest absolute Gasteiger partial charge is 0.504 e. The Morgan fingerprint density at radius 1 is 1.23 bits per heavy atom. The lowest BCUT2D eigenvalue weighted by Gasteiger charge is -2.27. The molecule has 0 unspecified atom stereocenters. The number of para-hydroxylation sites is 1. The zero-order valence-electron chi connectivity index (χ0n) is 16.1. The van der Waals surface area contributed by atoms with Crippen LogP contribution >= 0.6 is 11.6 Å². The molecule has 1 fully saturated rings. The molecule has 0 aromatic heterocycles. The van der Waals surface area contributed by atoms with Crippen LogP contribution < -0.4 is 15.0 Å². The Bertz CT molecular complexity index is 1080. The second-order valence-corrected chi connectivity index (χ2v) is 6.77. The SMILES string of the molecule is C=CCc1cc(/C=C2\C(=O)NC(=O)N(c3ccccc3Cl)C2=O)cc(OCC)c1O. The number of benzene rings is 2. The first-order valence-electron chi connectivity index (χ1n) is 9.13. The monoisotopic (exact) mass is 426 g/mol. The van der Waals surface area contributed by atoms with Crippen molar-refractivity contribution in [3.63, 3.8) is 0 Å². The molecule has 0 radical (unpaired) electrons. The third-order valence-electron chi connectivity index (χ3n) is 4.35. The van der Waals surface area contributed by atoms with Crippen molar-refractivity contribution in [2.24, 2.45) is 0 Å². The van der Waals surface area contributed by atoms with Gasteiger partial charge in [-0.2, -0.15) is 0 Å². The topological polar surface area (TPSA) is 95.9 Å². The van der Waals surface area contributed by atoms with Gasteiger partial charge in [0, 0.05) is 5.56 Å². The van der Waals surface area contributed by atoms with E-state index in [1.54, 1.807) is 31.2 Å². The van der Waals surface area contributed by atoms with Gasteiger partial charge in [0.1, 0.15) is 5.57 Å². The Kier molecular flexibility index (Phi) is 6.23. The smallest absolute Gasteiger partial charge is 0.335 e. The maximum Gasteiger partial charge on any atom is 0.335 e. The maximum atomic E-state index is 13.0. The predicted octanol–water partition coefficient (Wildman–Crippen LogP) is 3.84. The number of halogens is 1. The molecule has 2 aromatic carbocycles. The minimum absolute atomic E-state index is 0.0359. The van der Waals surface area contributed by atoms with Crippen LogP contribution in [0, 0.1) is 0 Å². The third kappa shape index (κ3) is 4.06. The number of phenols is 1. The van der Waals surface area contributed by atoms with Crippen LogP contribution in [0.5, 0.6) is 11.5 Å². The highest BCUT2D eigenvalue weighted by Gasteiger charge is 2.37. The highest BCUT2D eigenvalue weighted by molar-refractivity contribution is 6.42. The Labute approximate surface area is 178 Å². The van der Waals surface area contributed by atoms with E-state index in [4.69, 9.17) is 16.3 Å². The number of nitrogens with zero attached hydrogens (tertiary/aromatic N) is 1. The van der Waals surface area contributed by atoms with Gasteiger partial charge in [-0.25, -0.2) is 9.69 Å². The Morgan fingerprint density at radius 2 is 1.97 bits per heavy atom. The van der Waals surface area contributed by atoms with Crippen molar-refractivity contribution in [1.82, 2.24) is 5.32 Å². The third-order valence-corrected chi connectivity index (χ3v) is 4.67. The average Bonchev–Trinajstić information content (AvgIpc) is 2.70. The van der Waals surface area contributed by atoms with E-state index >= 15 is 0 Å². The molecule has 30 heavy (non-hydrogen) atoms. The van der Waals surface area contributed by atoms with E-state index in [0.717, 1.165) is 4.90 Å². The van der Waals surface area contributed by atoms with E-state index in [2.05, 4.69) is 11.9 Å². The van der Waals surface area contributed by atoms with Gasteiger partial charge in [-0.15, -0.1) is 6.58 Å². The first kappa shape index (κ1) is 21.1. The summed E-state index contributed by atoms with van der Waals surface area (Å²) in [6.45, 7) is 5.74. The molecule has 8 heteroatoms. The van der Waals surface area contributed by atoms with E-state index in [0.29, 0.717) is 24.2 Å². The van der Waals surface area contributed by atoms with Crippen molar-refractivity contribution in [2.75, 3.05) is 11.5 Å². The van der Waals surface area contributed by atoms with Crippen molar-refractivity contribution in [1.29, 1.82) is 0 Å². The fraction of sp³-hybridized carbons (Fsp3) is 0.136. The lowest BCUT2D eigenvalue weighted by atomic mass is 10.0. The normalized spacial score (nSPS) is 15.3. The second kappa shape index (κ2) is 8.84. The molecule has 154 valence electrons. The molecule has 4 amide bonds.